The van der Waals surface area contributed by atoms with Crippen molar-refractivity contribution in [2.45, 2.75) is 19.9 Å². The summed E-state index contributed by atoms with van der Waals surface area (Å²) in [4.78, 5) is 13.8. The summed E-state index contributed by atoms with van der Waals surface area (Å²) in [5.41, 5.74) is 0.228. The minimum atomic E-state index is -0.797. The van der Waals surface area contributed by atoms with Gasteiger partial charge in [-0.1, -0.05) is 0 Å². The number of piperazine rings is 1. The van der Waals surface area contributed by atoms with Gasteiger partial charge < -0.3 is 10.2 Å². The maximum atomic E-state index is 13.6. The molecule has 1 unspecified atom stereocenters. The molecule has 0 saturated carbocycles. The zero-order valence-corrected chi connectivity index (χ0v) is 11.7. The lowest BCUT2D eigenvalue weighted by atomic mass is 10.1. The van der Waals surface area contributed by atoms with Crippen molar-refractivity contribution in [1.29, 1.82) is 0 Å². The molecule has 1 N–H and O–H groups in total. The predicted octanol–water partition coefficient (Wildman–Crippen LogP) is 2.13. The lowest BCUT2D eigenvalue weighted by Gasteiger charge is -2.32. The van der Waals surface area contributed by atoms with Crippen molar-refractivity contribution in [3.05, 3.63) is 34.9 Å². The summed E-state index contributed by atoms with van der Waals surface area (Å²) in [7, 11) is 0. The van der Waals surface area contributed by atoms with Crippen LogP contribution in [-0.2, 0) is 0 Å². The summed E-state index contributed by atoms with van der Waals surface area (Å²) in [6.45, 7) is 5.25. The number of hydrogen-bond donors (Lipinski definition) is 1. The highest BCUT2D eigenvalue weighted by atomic mass is 35.5. The van der Waals surface area contributed by atoms with Gasteiger partial charge in [-0.15, -0.1) is 12.4 Å². The fourth-order valence-electron chi connectivity index (χ4n) is 2.11. The normalized spacial score (nSPS) is 18.9. The highest BCUT2D eigenvalue weighted by molar-refractivity contribution is 5.94. The first-order valence-electron chi connectivity index (χ1n) is 5.97. The van der Waals surface area contributed by atoms with Crippen LogP contribution in [0.2, 0.25) is 0 Å². The van der Waals surface area contributed by atoms with Crippen LogP contribution in [0.15, 0.2) is 12.1 Å². The second-order valence-electron chi connectivity index (χ2n) is 4.69. The van der Waals surface area contributed by atoms with Gasteiger partial charge in [0.05, 0.1) is 5.56 Å². The highest BCUT2D eigenvalue weighted by Crippen LogP contribution is 2.17. The number of hydrogen-bond acceptors (Lipinski definition) is 2. The molecule has 2 rings (SSSR count). The topological polar surface area (TPSA) is 32.3 Å². The number of amides is 1. The van der Waals surface area contributed by atoms with Crippen LogP contribution < -0.4 is 5.32 Å². The molecule has 1 aliphatic rings. The van der Waals surface area contributed by atoms with Gasteiger partial charge in [-0.2, -0.15) is 0 Å². The van der Waals surface area contributed by atoms with Gasteiger partial charge >= 0.3 is 0 Å². The van der Waals surface area contributed by atoms with E-state index in [0.29, 0.717) is 19.6 Å². The number of halogens is 3. The number of benzene rings is 1. The Balaban J connectivity index is 0.00000180. The Hall–Kier alpha value is -1.20. The van der Waals surface area contributed by atoms with E-state index in [4.69, 9.17) is 0 Å². The van der Waals surface area contributed by atoms with E-state index >= 15 is 0 Å². The van der Waals surface area contributed by atoms with Gasteiger partial charge in [-0.25, -0.2) is 8.78 Å². The number of aryl methyl sites for hydroxylation is 1. The van der Waals surface area contributed by atoms with Crippen LogP contribution in [0.5, 0.6) is 0 Å². The van der Waals surface area contributed by atoms with Crippen molar-refractivity contribution < 1.29 is 13.6 Å². The Morgan fingerprint density at radius 2 is 2.05 bits per heavy atom. The fraction of sp³-hybridized carbons (Fsp3) is 0.462. The van der Waals surface area contributed by atoms with Gasteiger partial charge in [0, 0.05) is 31.7 Å². The Labute approximate surface area is 117 Å². The van der Waals surface area contributed by atoms with Crippen LogP contribution in [0.25, 0.3) is 0 Å². The summed E-state index contributed by atoms with van der Waals surface area (Å²) in [6.07, 6.45) is 0. The Bertz CT molecular complexity index is 482. The fourth-order valence-corrected chi connectivity index (χ4v) is 2.11. The van der Waals surface area contributed by atoms with E-state index in [1.54, 1.807) is 4.90 Å². The molecule has 1 heterocycles. The maximum Gasteiger partial charge on any atom is 0.256 e. The summed E-state index contributed by atoms with van der Waals surface area (Å²) in [6, 6.07) is 2.24. The van der Waals surface area contributed by atoms with E-state index in [2.05, 4.69) is 5.32 Å². The van der Waals surface area contributed by atoms with E-state index in [1.807, 2.05) is 6.92 Å². The van der Waals surface area contributed by atoms with Crippen molar-refractivity contribution >= 4 is 18.3 Å². The van der Waals surface area contributed by atoms with E-state index in [-0.39, 0.29) is 35.5 Å². The molecule has 1 atom stereocenters. The van der Waals surface area contributed by atoms with Crippen LogP contribution in [0.1, 0.15) is 22.8 Å². The molecule has 1 aromatic carbocycles. The molecule has 1 amide bonds. The van der Waals surface area contributed by atoms with Crippen LogP contribution in [0.4, 0.5) is 8.78 Å². The molecule has 1 saturated heterocycles. The van der Waals surface area contributed by atoms with E-state index in [0.717, 1.165) is 6.07 Å². The zero-order chi connectivity index (χ0) is 13.3. The molecule has 0 aromatic heterocycles. The summed E-state index contributed by atoms with van der Waals surface area (Å²) >= 11 is 0. The molecule has 1 aromatic rings. The third-order valence-corrected chi connectivity index (χ3v) is 3.13. The summed E-state index contributed by atoms with van der Waals surface area (Å²) < 4.78 is 26.8. The van der Waals surface area contributed by atoms with Crippen LogP contribution in [0.3, 0.4) is 0 Å². The average Bonchev–Trinajstić information content (AvgIpc) is 2.33. The third kappa shape index (κ3) is 3.42. The van der Waals surface area contributed by atoms with E-state index in [9.17, 15) is 13.6 Å². The molecule has 0 aliphatic carbocycles. The van der Waals surface area contributed by atoms with Gasteiger partial charge in [0.15, 0.2) is 0 Å². The molecule has 0 spiro atoms. The smallest absolute Gasteiger partial charge is 0.256 e. The first-order valence-corrected chi connectivity index (χ1v) is 5.97. The molecule has 1 aliphatic heterocycles. The quantitative estimate of drug-likeness (QED) is 0.859. The van der Waals surface area contributed by atoms with E-state index < -0.39 is 11.6 Å². The minimum Gasteiger partial charge on any atom is -0.336 e. The molecule has 3 nitrogen and oxygen atoms in total. The Kier molecular flexibility index (Phi) is 5.26. The summed E-state index contributed by atoms with van der Waals surface area (Å²) in [5, 5.41) is 3.21. The van der Waals surface area contributed by atoms with Gasteiger partial charge in [0.1, 0.15) is 11.6 Å². The first-order chi connectivity index (χ1) is 8.49. The maximum absolute atomic E-state index is 13.6. The molecule has 19 heavy (non-hydrogen) atoms. The van der Waals surface area contributed by atoms with Gasteiger partial charge in [-0.05, 0) is 25.5 Å². The standard InChI is InChI=1S/C13H16F2N2O.ClH/c1-8-5-10(12(15)6-11(8)14)13(18)17-4-3-16-9(2)7-17;/h5-6,9,16H,3-4,7H2,1-2H3;1H. The molecule has 0 bridgehead atoms. The van der Waals surface area contributed by atoms with Crippen molar-refractivity contribution in [3.8, 4) is 0 Å². The van der Waals surface area contributed by atoms with Crippen LogP contribution >= 0.6 is 12.4 Å². The second-order valence-corrected chi connectivity index (χ2v) is 4.69. The highest BCUT2D eigenvalue weighted by Gasteiger charge is 2.24. The molecular formula is C13H17ClF2N2O. The molecule has 1 fully saturated rings. The monoisotopic (exact) mass is 290 g/mol. The Morgan fingerprint density at radius 3 is 2.68 bits per heavy atom. The molecular weight excluding hydrogens is 274 g/mol. The second kappa shape index (κ2) is 6.30. The van der Waals surface area contributed by atoms with Crippen molar-refractivity contribution in [1.82, 2.24) is 10.2 Å². The lowest BCUT2D eigenvalue weighted by molar-refractivity contribution is 0.0704. The van der Waals surface area contributed by atoms with Gasteiger partial charge in [0.2, 0.25) is 0 Å². The average molecular weight is 291 g/mol. The lowest BCUT2D eigenvalue weighted by Crippen LogP contribution is -2.51. The summed E-state index contributed by atoms with van der Waals surface area (Å²) in [5.74, 6) is -1.80. The number of carbonyl (C=O) groups is 1. The first kappa shape index (κ1) is 15.9. The number of nitrogens with zero attached hydrogens (tertiary/aromatic N) is 1. The number of rotatable bonds is 1. The predicted molar refractivity (Wildman–Crippen MR) is 71.7 cm³/mol. The zero-order valence-electron chi connectivity index (χ0n) is 10.9. The van der Waals surface area contributed by atoms with Crippen LogP contribution in [0, 0.1) is 18.6 Å². The molecule has 6 heteroatoms. The largest absolute Gasteiger partial charge is 0.336 e. The molecule has 106 valence electrons. The number of nitrogens with one attached hydrogen (secondary N) is 1. The van der Waals surface area contributed by atoms with E-state index in [1.165, 1.54) is 13.0 Å². The third-order valence-electron chi connectivity index (χ3n) is 3.13. The number of carbonyl (C=O) groups excluding carboxylic acids is 1. The Morgan fingerprint density at radius 1 is 1.37 bits per heavy atom. The van der Waals surface area contributed by atoms with Crippen molar-refractivity contribution in [2.75, 3.05) is 19.6 Å². The van der Waals surface area contributed by atoms with Gasteiger partial charge in [0.25, 0.3) is 5.91 Å². The molecule has 0 radical (unpaired) electrons. The van der Waals surface area contributed by atoms with Crippen molar-refractivity contribution in [2.24, 2.45) is 0 Å². The SMILES string of the molecule is Cc1cc(C(=O)N2CCNC(C)C2)c(F)cc1F.Cl. The van der Waals surface area contributed by atoms with Crippen LogP contribution in [-0.4, -0.2) is 36.5 Å². The van der Waals surface area contributed by atoms with Crippen molar-refractivity contribution in [3.63, 3.8) is 0 Å². The minimum absolute atomic E-state index is 0. The van der Waals surface area contributed by atoms with Gasteiger partial charge in [-0.3, -0.25) is 4.79 Å².